The second-order valence-electron chi connectivity index (χ2n) is 2.50. The van der Waals surface area contributed by atoms with E-state index in [-0.39, 0.29) is 11.2 Å². The van der Waals surface area contributed by atoms with Crippen molar-refractivity contribution in [1.29, 1.82) is 5.26 Å². The fourth-order valence-corrected chi connectivity index (χ4v) is 1.10. The highest BCUT2D eigenvalue weighted by Gasteiger charge is 2.08. The van der Waals surface area contributed by atoms with Crippen LogP contribution in [-0.4, -0.2) is 19.5 Å². The Morgan fingerprint density at radius 1 is 1.14 bits per heavy atom. The molecule has 0 saturated carbocycles. The summed E-state index contributed by atoms with van der Waals surface area (Å²) in [6.07, 6.45) is 1.39. The molecule has 70 valence electrons. The van der Waals surface area contributed by atoms with E-state index in [1.54, 1.807) is 0 Å². The summed E-state index contributed by atoms with van der Waals surface area (Å²) in [5, 5.41) is 8.46. The van der Waals surface area contributed by atoms with E-state index in [0.717, 1.165) is 0 Å². The SMILES string of the molecule is N#Cn1c(=O)[nH]c2[nH]c(=O)[nH]c2c1=O. The van der Waals surface area contributed by atoms with E-state index in [4.69, 9.17) is 5.26 Å². The number of hydrogen-bond donors (Lipinski definition) is 3. The number of nitrogens with zero attached hydrogens (tertiary/aromatic N) is 2. The van der Waals surface area contributed by atoms with Crippen molar-refractivity contribution in [3.8, 4) is 6.19 Å². The van der Waals surface area contributed by atoms with Gasteiger partial charge in [0.05, 0.1) is 0 Å². The summed E-state index contributed by atoms with van der Waals surface area (Å²) in [6.45, 7) is 0. The minimum atomic E-state index is -0.889. The molecule has 0 aliphatic heterocycles. The van der Waals surface area contributed by atoms with Gasteiger partial charge in [-0.2, -0.15) is 9.83 Å². The predicted octanol–water partition coefficient (Wildman–Crippen LogP) is -1.96. The van der Waals surface area contributed by atoms with Crippen LogP contribution in [0.15, 0.2) is 14.4 Å². The number of rotatable bonds is 0. The van der Waals surface area contributed by atoms with Crippen LogP contribution < -0.4 is 16.9 Å². The number of nitrogens with one attached hydrogen (secondary N) is 3. The van der Waals surface area contributed by atoms with E-state index in [1.165, 1.54) is 6.19 Å². The Balaban J connectivity index is 3.17. The Bertz CT molecular complexity index is 706. The van der Waals surface area contributed by atoms with Crippen molar-refractivity contribution < 1.29 is 0 Å². The van der Waals surface area contributed by atoms with E-state index in [1.807, 2.05) is 0 Å². The first kappa shape index (κ1) is 8.06. The van der Waals surface area contributed by atoms with Gasteiger partial charge in [0.25, 0.3) is 5.56 Å². The molecule has 14 heavy (non-hydrogen) atoms. The summed E-state index contributed by atoms with van der Waals surface area (Å²) in [6, 6.07) is 0. The highest BCUT2D eigenvalue weighted by Crippen LogP contribution is 1.90. The summed E-state index contributed by atoms with van der Waals surface area (Å²) in [5.74, 6) is 0. The average Bonchev–Trinajstić information content (AvgIpc) is 2.47. The van der Waals surface area contributed by atoms with Crippen molar-refractivity contribution in [2.75, 3.05) is 0 Å². The van der Waals surface area contributed by atoms with Crippen LogP contribution in [0.25, 0.3) is 11.2 Å². The van der Waals surface area contributed by atoms with Gasteiger partial charge in [0.15, 0.2) is 11.7 Å². The molecule has 0 spiro atoms. The third kappa shape index (κ3) is 0.893. The Labute approximate surface area is 74.4 Å². The number of fused-ring (bicyclic) bond motifs is 1. The van der Waals surface area contributed by atoms with Crippen molar-refractivity contribution in [2.24, 2.45) is 0 Å². The molecule has 0 aliphatic rings. The lowest BCUT2D eigenvalue weighted by atomic mass is 10.5. The molecular formula is C6H3N5O3. The monoisotopic (exact) mass is 193 g/mol. The molecule has 0 atom stereocenters. The van der Waals surface area contributed by atoms with Crippen LogP contribution in [-0.2, 0) is 0 Å². The van der Waals surface area contributed by atoms with Gasteiger partial charge in [-0.05, 0) is 0 Å². The number of aromatic amines is 3. The maximum absolute atomic E-state index is 11.3. The predicted molar refractivity (Wildman–Crippen MR) is 44.8 cm³/mol. The summed E-state index contributed by atoms with van der Waals surface area (Å²) in [7, 11) is 0. The minimum absolute atomic E-state index is 0.0171. The Hall–Kier alpha value is -2.56. The Morgan fingerprint density at radius 2 is 1.86 bits per heavy atom. The molecule has 0 amide bonds. The van der Waals surface area contributed by atoms with Crippen LogP contribution in [0.3, 0.4) is 0 Å². The number of imidazole rings is 1. The highest BCUT2D eigenvalue weighted by molar-refractivity contribution is 5.67. The molecule has 3 N–H and O–H groups in total. The summed E-state index contributed by atoms with van der Waals surface area (Å²) < 4.78 is 0.312. The van der Waals surface area contributed by atoms with E-state index in [0.29, 0.717) is 4.57 Å². The third-order valence-corrected chi connectivity index (χ3v) is 1.68. The molecule has 0 radical (unpaired) electrons. The fourth-order valence-electron chi connectivity index (χ4n) is 1.10. The fraction of sp³-hybridized carbons (Fsp3) is 0. The molecule has 0 unspecified atom stereocenters. The highest BCUT2D eigenvalue weighted by atomic mass is 16.2. The molecule has 2 aromatic rings. The summed E-state index contributed by atoms with van der Waals surface area (Å²) in [5.41, 5.74) is -2.51. The number of aromatic nitrogens is 4. The summed E-state index contributed by atoms with van der Waals surface area (Å²) in [4.78, 5) is 39.7. The molecule has 2 rings (SSSR count). The molecule has 0 saturated heterocycles. The first-order chi connectivity index (χ1) is 6.63. The molecule has 2 heterocycles. The standard InChI is InChI=1S/C6H3N5O3/c7-1-11-4(12)2-3(10-6(11)14)9-5(13)8-2/h(H,10,14)(H2,8,9,13). The number of nitriles is 1. The van der Waals surface area contributed by atoms with Crippen molar-refractivity contribution in [3.05, 3.63) is 31.3 Å². The number of hydrogen-bond acceptors (Lipinski definition) is 4. The zero-order valence-corrected chi connectivity index (χ0v) is 6.62. The molecule has 8 nitrogen and oxygen atoms in total. The van der Waals surface area contributed by atoms with Crippen LogP contribution in [0.2, 0.25) is 0 Å². The maximum atomic E-state index is 11.3. The molecular weight excluding hydrogens is 190 g/mol. The van der Waals surface area contributed by atoms with E-state index in [2.05, 4.69) is 15.0 Å². The van der Waals surface area contributed by atoms with E-state index in [9.17, 15) is 14.4 Å². The topological polar surface area (TPSA) is 127 Å². The normalized spacial score (nSPS) is 10.2. The van der Waals surface area contributed by atoms with Gasteiger partial charge in [-0.1, -0.05) is 0 Å². The lowest BCUT2D eigenvalue weighted by molar-refractivity contribution is 0.911. The van der Waals surface area contributed by atoms with Crippen molar-refractivity contribution in [2.45, 2.75) is 0 Å². The molecule has 0 aromatic carbocycles. The molecule has 8 heteroatoms. The largest absolute Gasteiger partial charge is 0.343 e. The van der Waals surface area contributed by atoms with Gasteiger partial charge in [-0.25, -0.2) is 9.59 Å². The van der Waals surface area contributed by atoms with E-state index >= 15 is 0 Å². The van der Waals surface area contributed by atoms with Crippen molar-refractivity contribution in [1.82, 2.24) is 19.5 Å². The average molecular weight is 193 g/mol. The Kier molecular flexibility index (Phi) is 1.42. The second-order valence-corrected chi connectivity index (χ2v) is 2.50. The van der Waals surface area contributed by atoms with Crippen LogP contribution in [0.5, 0.6) is 0 Å². The lowest BCUT2D eigenvalue weighted by Crippen LogP contribution is -2.32. The zero-order chi connectivity index (χ0) is 10.3. The zero-order valence-electron chi connectivity index (χ0n) is 6.62. The summed E-state index contributed by atoms with van der Waals surface area (Å²) >= 11 is 0. The van der Waals surface area contributed by atoms with Gasteiger partial charge in [-0.15, -0.1) is 0 Å². The van der Waals surface area contributed by atoms with Crippen LogP contribution in [0, 0.1) is 11.5 Å². The molecule has 0 bridgehead atoms. The smallest absolute Gasteiger partial charge is 0.300 e. The van der Waals surface area contributed by atoms with Crippen LogP contribution >= 0.6 is 0 Å². The van der Waals surface area contributed by atoms with Gasteiger partial charge in [0.1, 0.15) is 5.65 Å². The van der Waals surface area contributed by atoms with Crippen molar-refractivity contribution >= 4 is 11.2 Å². The molecule has 0 aliphatic carbocycles. The minimum Gasteiger partial charge on any atom is -0.300 e. The first-order valence-corrected chi connectivity index (χ1v) is 3.51. The molecule has 0 fully saturated rings. The Morgan fingerprint density at radius 3 is 2.50 bits per heavy atom. The van der Waals surface area contributed by atoms with Crippen molar-refractivity contribution in [3.63, 3.8) is 0 Å². The van der Waals surface area contributed by atoms with Crippen LogP contribution in [0.1, 0.15) is 0 Å². The van der Waals surface area contributed by atoms with Crippen LogP contribution in [0.4, 0.5) is 0 Å². The maximum Gasteiger partial charge on any atom is 0.343 e. The van der Waals surface area contributed by atoms with Gasteiger partial charge >= 0.3 is 11.4 Å². The number of H-pyrrole nitrogens is 3. The quantitative estimate of drug-likeness (QED) is 0.448. The second kappa shape index (κ2) is 2.46. The van der Waals surface area contributed by atoms with Gasteiger partial charge in [0.2, 0.25) is 0 Å². The lowest BCUT2D eigenvalue weighted by Gasteiger charge is -1.90. The third-order valence-electron chi connectivity index (χ3n) is 1.68. The van der Waals surface area contributed by atoms with E-state index < -0.39 is 16.9 Å². The van der Waals surface area contributed by atoms with Gasteiger partial charge < -0.3 is 0 Å². The first-order valence-electron chi connectivity index (χ1n) is 3.51. The molecule has 2 aromatic heterocycles. The van der Waals surface area contributed by atoms with Gasteiger partial charge in [0, 0.05) is 0 Å². The van der Waals surface area contributed by atoms with Gasteiger partial charge in [-0.3, -0.25) is 19.7 Å².